The first-order valence-electron chi connectivity index (χ1n) is 11.1. The molecule has 0 aromatic heterocycles. The summed E-state index contributed by atoms with van der Waals surface area (Å²) in [6, 6.07) is 8.90. The summed E-state index contributed by atoms with van der Waals surface area (Å²) in [6.07, 6.45) is 1.07. The van der Waals surface area contributed by atoms with Crippen LogP contribution in [0.4, 0.5) is 13.2 Å². The average Bonchev–Trinajstić information content (AvgIpc) is 3.29. The number of alkyl halides is 2. The highest BCUT2D eigenvalue weighted by Gasteiger charge is 2.43. The van der Waals surface area contributed by atoms with Crippen molar-refractivity contribution in [3.8, 4) is 11.1 Å². The number of carbonyl (C=O) groups is 1. The summed E-state index contributed by atoms with van der Waals surface area (Å²) < 4.78 is 69.8. The molecule has 1 heterocycles. The standard InChI is InChI=1S/C24H26F3N3O3S/c1-16-7-8-22(19(15-16)18-5-3-4-6-20(18)25)34(32,33)30-21(11-14-28-30)23(31)29(2)17-9-12-24(26,27)13-10-17/h3-8,14-15,17,21H,9-13H2,1-2H3. The molecule has 0 bridgehead atoms. The van der Waals surface area contributed by atoms with Gasteiger partial charge in [0.1, 0.15) is 11.9 Å². The van der Waals surface area contributed by atoms with E-state index in [0.717, 1.165) is 9.98 Å². The van der Waals surface area contributed by atoms with Gasteiger partial charge in [-0.2, -0.15) is 17.9 Å². The molecule has 1 aliphatic carbocycles. The van der Waals surface area contributed by atoms with Crippen molar-refractivity contribution in [2.24, 2.45) is 5.10 Å². The molecule has 0 saturated heterocycles. The highest BCUT2D eigenvalue weighted by Crippen LogP contribution is 2.37. The first-order valence-corrected chi connectivity index (χ1v) is 12.5. The van der Waals surface area contributed by atoms with E-state index in [4.69, 9.17) is 0 Å². The third-order valence-corrected chi connectivity index (χ3v) is 8.23. The Balaban J connectivity index is 1.65. The molecule has 1 unspecified atom stereocenters. The predicted octanol–water partition coefficient (Wildman–Crippen LogP) is 4.59. The Bertz CT molecular complexity index is 1220. The van der Waals surface area contributed by atoms with Gasteiger partial charge in [-0.25, -0.2) is 13.2 Å². The van der Waals surface area contributed by atoms with Crippen LogP contribution in [0.5, 0.6) is 0 Å². The number of nitrogens with zero attached hydrogens (tertiary/aromatic N) is 3. The molecule has 0 N–H and O–H groups in total. The molecule has 0 radical (unpaired) electrons. The summed E-state index contributed by atoms with van der Waals surface area (Å²) in [7, 11) is -2.82. The molecule has 10 heteroatoms. The molecule has 4 rings (SSSR count). The molecule has 34 heavy (non-hydrogen) atoms. The maximum Gasteiger partial charge on any atom is 0.280 e. The summed E-state index contributed by atoms with van der Waals surface area (Å²) in [5, 5.41) is 3.98. The molecule has 1 atom stereocenters. The Morgan fingerprint density at radius 1 is 1.12 bits per heavy atom. The summed E-state index contributed by atoms with van der Waals surface area (Å²) in [4.78, 5) is 14.4. The Morgan fingerprint density at radius 2 is 1.79 bits per heavy atom. The van der Waals surface area contributed by atoms with Crippen LogP contribution in [0.15, 0.2) is 52.5 Å². The Labute approximate surface area is 197 Å². The van der Waals surface area contributed by atoms with Crippen LogP contribution in [0.25, 0.3) is 11.1 Å². The van der Waals surface area contributed by atoms with Crippen molar-refractivity contribution in [3.63, 3.8) is 0 Å². The van der Waals surface area contributed by atoms with E-state index in [0.29, 0.717) is 0 Å². The van der Waals surface area contributed by atoms with Crippen molar-refractivity contribution < 1.29 is 26.4 Å². The number of hydrogen-bond donors (Lipinski definition) is 0. The minimum absolute atomic E-state index is 0.0617. The van der Waals surface area contributed by atoms with Crippen LogP contribution in [0.2, 0.25) is 0 Å². The third-order valence-electron chi connectivity index (χ3n) is 6.48. The molecule has 1 aliphatic heterocycles. The number of benzene rings is 2. The van der Waals surface area contributed by atoms with Gasteiger partial charge in [-0.15, -0.1) is 0 Å². The molecule has 1 saturated carbocycles. The van der Waals surface area contributed by atoms with E-state index in [1.807, 2.05) is 0 Å². The van der Waals surface area contributed by atoms with Gasteiger partial charge < -0.3 is 4.90 Å². The van der Waals surface area contributed by atoms with E-state index in [1.165, 1.54) is 42.4 Å². The van der Waals surface area contributed by atoms with Gasteiger partial charge in [-0.1, -0.05) is 29.8 Å². The van der Waals surface area contributed by atoms with Gasteiger partial charge in [-0.05, 0) is 38.0 Å². The summed E-state index contributed by atoms with van der Waals surface area (Å²) in [5.41, 5.74) is 1.04. The number of hydrogen-bond acceptors (Lipinski definition) is 4. The first-order chi connectivity index (χ1) is 16.0. The van der Waals surface area contributed by atoms with E-state index < -0.39 is 39.8 Å². The van der Waals surface area contributed by atoms with Gasteiger partial charge >= 0.3 is 0 Å². The maximum absolute atomic E-state index is 14.6. The van der Waals surface area contributed by atoms with Gasteiger partial charge in [-0.3, -0.25) is 4.79 Å². The minimum Gasteiger partial charge on any atom is -0.341 e. The zero-order valence-electron chi connectivity index (χ0n) is 18.9. The Hall–Kier alpha value is -2.88. The number of carbonyl (C=O) groups excluding carboxylic acids is 1. The topological polar surface area (TPSA) is 70.0 Å². The molecule has 0 spiro atoms. The Kier molecular flexibility index (Phi) is 6.46. The maximum atomic E-state index is 14.6. The van der Waals surface area contributed by atoms with Gasteiger partial charge in [0.05, 0.1) is 4.90 Å². The highest BCUT2D eigenvalue weighted by molar-refractivity contribution is 7.89. The number of hydrazone groups is 1. The largest absolute Gasteiger partial charge is 0.341 e. The van der Waals surface area contributed by atoms with Crippen molar-refractivity contribution >= 4 is 22.1 Å². The van der Waals surface area contributed by atoms with Gasteiger partial charge in [0.15, 0.2) is 0 Å². The molecule has 2 aromatic rings. The summed E-state index contributed by atoms with van der Waals surface area (Å²) in [5.74, 6) is -3.81. The van der Waals surface area contributed by atoms with Crippen molar-refractivity contribution in [2.75, 3.05) is 7.05 Å². The molecule has 1 fully saturated rings. The van der Waals surface area contributed by atoms with Crippen molar-refractivity contribution in [1.29, 1.82) is 0 Å². The second-order valence-corrected chi connectivity index (χ2v) is 10.6. The zero-order chi connectivity index (χ0) is 24.7. The molecule has 182 valence electrons. The lowest BCUT2D eigenvalue weighted by atomic mass is 9.91. The summed E-state index contributed by atoms with van der Waals surface area (Å²) >= 11 is 0. The second-order valence-electron chi connectivity index (χ2n) is 8.84. The number of amides is 1. The lowest BCUT2D eigenvalue weighted by Gasteiger charge is -2.36. The summed E-state index contributed by atoms with van der Waals surface area (Å²) in [6.45, 7) is 1.77. The fourth-order valence-corrected chi connectivity index (χ4v) is 6.10. The van der Waals surface area contributed by atoms with E-state index in [-0.39, 0.29) is 48.1 Å². The smallest absolute Gasteiger partial charge is 0.280 e. The zero-order valence-corrected chi connectivity index (χ0v) is 19.7. The van der Waals surface area contributed by atoms with Gasteiger partial charge in [0, 0.05) is 49.7 Å². The second kappa shape index (κ2) is 9.05. The minimum atomic E-state index is -4.33. The van der Waals surface area contributed by atoms with Crippen molar-refractivity contribution in [1.82, 2.24) is 9.31 Å². The van der Waals surface area contributed by atoms with Gasteiger partial charge in [0.2, 0.25) is 11.8 Å². The predicted molar refractivity (Wildman–Crippen MR) is 122 cm³/mol. The number of rotatable bonds is 5. The van der Waals surface area contributed by atoms with Crippen LogP contribution < -0.4 is 0 Å². The number of likely N-dealkylation sites (N-methyl/N-ethyl adjacent to an activating group) is 1. The van der Waals surface area contributed by atoms with Crippen LogP contribution in [0.1, 0.15) is 37.7 Å². The quantitative estimate of drug-likeness (QED) is 0.612. The Morgan fingerprint density at radius 3 is 2.47 bits per heavy atom. The van der Waals surface area contributed by atoms with Crippen LogP contribution in [0, 0.1) is 12.7 Å². The SMILES string of the molecule is Cc1ccc(S(=O)(=O)N2N=CCC2C(=O)N(C)C2CCC(F)(F)CC2)c(-c2ccccc2F)c1. The van der Waals surface area contributed by atoms with Crippen LogP contribution in [0.3, 0.4) is 0 Å². The fraction of sp³-hybridized carbons (Fsp3) is 0.417. The monoisotopic (exact) mass is 493 g/mol. The lowest BCUT2D eigenvalue weighted by molar-refractivity contribution is -0.138. The van der Waals surface area contributed by atoms with Crippen LogP contribution in [-0.2, 0) is 14.8 Å². The highest BCUT2D eigenvalue weighted by atomic mass is 32.2. The van der Waals surface area contributed by atoms with E-state index >= 15 is 0 Å². The normalized spacial score (nSPS) is 20.5. The van der Waals surface area contributed by atoms with Crippen LogP contribution in [-0.4, -0.2) is 54.9 Å². The fourth-order valence-electron chi connectivity index (χ4n) is 4.51. The van der Waals surface area contributed by atoms with Crippen LogP contribution >= 0.6 is 0 Å². The van der Waals surface area contributed by atoms with E-state index in [9.17, 15) is 26.4 Å². The number of halogens is 3. The van der Waals surface area contributed by atoms with Crippen molar-refractivity contribution in [2.45, 2.75) is 61.9 Å². The lowest BCUT2D eigenvalue weighted by Crippen LogP contribution is -2.50. The third kappa shape index (κ3) is 4.55. The molecular formula is C24H26F3N3O3S. The number of aryl methyl sites for hydroxylation is 1. The van der Waals surface area contributed by atoms with Gasteiger partial charge in [0.25, 0.3) is 10.0 Å². The number of sulfonamides is 1. The van der Waals surface area contributed by atoms with E-state index in [1.54, 1.807) is 25.1 Å². The average molecular weight is 494 g/mol. The molecule has 1 amide bonds. The molecular weight excluding hydrogens is 467 g/mol. The van der Waals surface area contributed by atoms with E-state index in [2.05, 4.69) is 5.10 Å². The van der Waals surface area contributed by atoms with Crippen molar-refractivity contribution in [3.05, 3.63) is 53.8 Å². The first kappa shape index (κ1) is 24.3. The molecule has 2 aromatic carbocycles. The molecule has 2 aliphatic rings. The molecule has 6 nitrogen and oxygen atoms in total.